The summed E-state index contributed by atoms with van der Waals surface area (Å²) in [7, 11) is 0. The van der Waals surface area contributed by atoms with Crippen LogP contribution in [0.1, 0.15) is 18.2 Å². The van der Waals surface area contributed by atoms with Gasteiger partial charge in [-0.05, 0) is 50.1 Å². The summed E-state index contributed by atoms with van der Waals surface area (Å²) in [4.78, 5) is 23.5. The average molecular weight is 471 g/mol. The smallest absolute Gasteiger partial charge is 0.323 e. The lowest BCUT2D eigenvalue weighted by atomic mass is 10.0. The molecule has 7 nitrogen and oxygen atoms in total. The fourth-order valence-electron chi connectivity index (χ4n) is 3.63. The van der Waals surface area contributed by atoms with Crippen LogP contribution in [0.4, 0.5) is 16.2 Å². The monoisotopic (exact) mass is 470 g/mol. The number of hydrogen-bond donors (Lipinski definition) is 3. The molecule has 178 valence electrons. The number of aryl methyl sites for hydroxylation is 1. The number of allylic oxidation sites excluding steroid dienone is 1. The molecule has 35 heavy (non-hydrogen) atoms. The molecule has 2 amide bonds. The summed E-state index contributed by atoms with van der Waals surface area (Å²) in [6.07, 6.45) is 2.55. The number of aromatic hydroxyl groups is 1. The number of anilines is 2. The zero-order valence-corrected chi connectivity index (χ0v) is 19.5. The fourth-order valence-corrected chi connectivity index (χ4v) is 3.63. The van der Waals surface area contributed by atoms with Crippen molar-refractivity contribution < 1.29 is 19.1 Å². The van der Waals surface area contributed by atoms with Gasteiger partial charge >= 0.3 is 6.03 Å². The minimum Gasteiger partial charge on any atom is -0.507 e. The molecule has 0 bridgehead atoms. The van der Waals surface area contributed by atoms with E-state index in [2.05, 4.69) is 10.6 Å². The van der Waals surface area contributed by atoms with Crippen LogP contribution in [-0.2, 0) is 6.42 Å². The maximum atomic E-state index is 12.0. The van der Waals surface area contributed by atoms with E-state index < -0.39 is 0 Å². The Morgan fingerprint density at radius 2 is 1.51 bits per heavy atom. The molecular weight excluding hydrogens is 444 g/mol. The topological polar surface area (TPSA) is 101 Å². The van der Waals surface area contributed by atoms with E-state index in [1.807, 2.05) is 73.7 Å². The second kappa shape index (κ2) is 10.6. The number of phenols is 1. The van der Waals surface area contributed by atoms with E-state index in [1.165, 1.54) is 6.07 Å². The minimum absolute atomic E-state index is 0.0350. The number of para-hydroxylation sites is 2. The van der Waals surface area contributed by atoms with Gasteiger partial charge in [-0.25, -0.2) is 4.79 Å². The fraction of sp³-hybridized carbons (Fsp3) is 0.143. The van der Waals surface area contributed by atoms with Gasteiger partial charge in [0.15, 0.2) is 5.43 Å². The molecule has 0 fully saturated rings. The van der Waals surface area contributed by atoms with Gasteiger partial charge < -0.3 is 24.9 Å². The maximum Gasteiger partial charge on any atom is 0.323 e. The number of carbonyl (C=O) groups excluding carboxylic acids is 1. The van der Waals surface area contributed by atoms with Gasteiger partial charge in [-0.1, -0.05) is 42.5 Å². The van der Waals surface area contributed by atoms with Crippen molar-refractivity contribution in [2.45, 2.75) is 20.3 Å². The summed E-state index contributed by atoms with van der Waals surface area (Å²) in [6.45, 7) is 4.15. The lowest BCUT2D eigenvalue weighted by Crippen LogP contribution is -2.19. The van der Waals surface area contributed by atoms with E-state index in [0.717, 1.165) is 16.9 Å². The quantitative estimate of drug-likeness (QED) is 0.311. The second-order valence-corrected chi connectivity index (χ2v) is 8.15. The van der Waals surface area contributed by atoms with E-state index in [1.54, 1.807) is 13.0 Å². The van der Waals surface area contributed by atoms with Gasteiger partial charge in [0.05, 0.1) is 0 Å². The average Bonchev–Trinajstić information content (AvgIpc) is 3.02. The van der Waals surface area contributed by atoms with E-state index in [4.69, 9.17) is 9.15 Å². The summed E-state index contributed by atoms with van der Waals surface area (Å²) in [5.41, 5.74) is 3.41. The summed E-state index contributed by atoms with van der Waals surface area (Å²) in [6, 6.07) is 21.5. The van der Waals surface area contributed by atoms with Gasteiger partial charge in [0, 0.05) is 29.1 Å². The highest BCUT2D eigenvalue weighted by molar-refractivity contribution is 5.99. The van der Waals surface area contributed by atoms with Crippen LogP contribution in [0.15, 0.2) is 93.7 Å². The summed E-state index contributed by atoms with van der Waals surface area (Å²) in [5, 5.41) is 16.0. The zero-order chi connectivity index (χ0) is 24.8. The van der Waals surface area contributed by atoms with Gasteiger partial charge in [0.25, 0.3) is 0 Å². The van der Waals surface area contributed by atoms with Gasteiger partial charge in [0.1, 0.15) is 34.8 Å². The zero-order valence-electron chi connectivity index (χ0n) is 19.5. The molecule has 0 saturated heterocycles. The maximum absolute atomic E-state index is 12.0. The van der Waals surface area contributed by atoms with E-state index in [0.29, 0.717) is 35.7 Å². The van der Waals surface area contributed by atoms with Crippen LogP contribution < -0.4 is 20.8 Å². The molecule has 0 saturated carbocycles. The van der Waals surface area contributed by atoms with Crippen LogP contribution >= 0.6 is 0 Å². The van der Waals surface area contributed by atoms with Crippen LogP contribution in [0, 0.1) is 6.92 Å². The third kappa shape index (κ3) is 5.89. The standard InChI is InChI=1S/C15H14O4.C13H12N2O/c1-8-3-4-10-12(18-7-8)6-13-14(15(10)17)11(16)5-9(2)19-13;16-13(14-11-7-3-1-4-8-11)15-12-9-5-2-6-10-12/h3,5-6,17H,4,7H2,1-2H3;1-10H,(H2,14,15,16). The van der Waals surface area contributed by atoms with Crippen LogP contribution in [0.2, 0.25) is 0 Å². The third-order valence-electron chi connectivity index (χ3n) is 5.35. The van der Waals surface area contributed by atoms with Crippen LogP contribution in [0.3, 0.4) is 0 Å². The van der Waals surface area contributed by atoms with E-state index in [9.17, 15) is 14.7 Å². The predicted molar refractivity (Wildman–Crippen MR) is 137 cm³/mol. The summed E-state index contributed by atoms with van der Waals surface area (Å²) in [5.74, 6) is 1.05. The van der Waals surface area contributed by atoms with Gasteiger partial charge in [-0.3, -0.25) is 4.79 Å². The molecule has 0 aliphatic carbocycles. The van der Waals surface area contributed by atoms with Gasteiger partial charge in [0.2, 0.25) is 0 Å². The number of amides is 2. The molecule has 2 heterocycles. The Labute approximate surface area is 202 Å². The van der Waals surface area contributed by atoms with Crippen LogP contribution in [0.25, 0.3) is 11.0 Å². The number of phenolic OH excluding ortho intramolecular Hbond substituents is 1. The predicted octanol–water partition coefficient (Wildman–Crippen LogP) is 6.02. The van der Waals surface area contributed by atoms with E-state index in [-0.39, 0.29) is 22.6 Å². The Kier molecular flexibility index (Phi) is 7.16. The third-order valence-corrected chi connectivity index (χ3v) is 5.35. The SMILES string of the molecule is CC1=CCc2c(cc3oc(C)cc(=O)c3c2O)OC1.O=C(Nc1ccccc1)Nc1ccccc1. The second-order valence-electron chi connectivity index (χ2n) is 8.15. The molecule has 1 aromatic heterocycles. The van der Waals surface area contributed by atoms with Crippen molar-refractivity contribution in [3.63, 3.8) is 0 Å². The lowest BCUT2D eigenvalue weighted by Gasteiger charge is -2.11. The van der Waals surface area contributed by atoms with Crippen molar-refractivity contribution >= 4 is 28.4 Å². The Bertz CT molecular complexity index is 1380. The summed E-state index contributed by atoms with van der Waals surface area (Å²) >= 11 is 0. The molecule has 0 radical (unpaired) electrons. The molecular formula is C28H26N2O5. The van der Waals surface area contributed by atoms with Crippen molar-refractivity contribution in [3.8, 4) is 11.5 Å². The molecule has 7 heteroatoms. The van der Waals surface area contributed by atoms with Crippen molar-refractivity contribution in [1.29, 1.82) is 0 Å². The minimum atomic E-state index is -0.239. The molecule has 1 aliphatic rings. The Morgan fingerprint density at radius 1 is 0.914 bits per heavy atom. The molecule has 5 rings (SSSR count). The van der Waals surface area contributed by atoms with Crippen molar-refractivity contribution in [1.82, 2.24) is 0 Å². The first kappa shape index (κ1) is 23.6. The summed E-state index contributed by atoms with van der Waals surface area (Å²) < 4.78 is 11.1. The first-order valence-electron chi connectivity index (χ1n) is 11.2. The van der Waals surface area contributed by atoms with Gasteiger partial charge in [-0.15, -0.1) is 0 Å². The Balaban J connectivity index is 0.000000168. The number of urea groups is 1. The molecule has 3 aromatic carbocycles. The van der Waals surface area contributed by atoms with Crippen molar-refractivity contribution in [3.05, 3.63) is 106 Å². The number of nitrogens with one attached hydrogen (secondary N) is 2. The number of benzene rings is 3. The molecule has 0 unspecified atom stereocenters. The first-order valence-corrected chi connectivity index (χ1v) is 11.2. The molecule has 1 aliphatic heterocycles. The number of fused-ring (bicyclic) bond motifs is 2. The number of carbonyl (C=O) groups is 1. The van der Waals surface area contributed by atoms with Crippen LogP contribution in [0.5, 0.6) is 11.5 Å². The Morgan fingerprint density at radius 3 is 2.11 bits per heavy atom. The van der Waals surface area contributed by atoms with Crippen molar-refractivity contribution in [2.75, 3.05) is 17.2 Å². The Hall–Kier alpha value is -4.52. The van der Waals surface area contributed by atoms with Crippen LogP contribution in [-0.4, -0.2) is 17.7 Å². The highest BCUT2D eigenvalue weighted by Gasteiger charge is 2.19. The van der Waals surface area contributed by atoms with E-state index >= 15 is 0 Å². The number of ether oxygens (including phenoxy) is 1. The molecule has 0 spiro atoms. The molecule has 4 aromatic rings. The molecule has 3 N–H and O–H groups in total. The first-order chi connectivity index (χ1) is 16.9. The molecule has 0 atom stereocenters. The number of hydrogen-bond acceptors (Lipinski definition) is 5. The highest BCUT2D eigenvalue weighted by Crippen LogP contribution is 2.37. The normalized spacial score (nSPS) is 12.2. The lowest BCUT2D eigenvalue weighted by molar-refractivity contribution is 0.262. The van der Waals surface area contributed by atoms with Gasteiger partial charge in [-0.2, -0.15) is 0 Å². The van der Waals surface area contributed by atoms with Crippen molar-refractivity contribution in [2.24, 2.45) is 0 Å². The highest BCUT2D eigenvalue weighted by atomic mass is 16.5. The number of rotatable bonds is 2. The largest absolute Gasteiger partial charge is 0.507 e.